The minimum absolute atomic E-state index is 0. The fourth-order valence-corrected chi connectivity index (χ4v) is 12.1. The normalized spacial score (nSPS) is 22.5. The number of thiazole rings is 2. The minimum atomic E-state index is -0.610. The number of ether oxygens (including phenoxy) is 4. The lowest BCUT2D eigenvalue weighted by Gasteiger charge is -2.32. The van der Waals surface area contributed by atoms with Crippen LogP contribution in [0.15, 0.2) is 101 Å². The molecule has 0 aliphatic carbocycles. The number of amidine groups is 2. The van der Waals surface area contributed by atoms with Gasteiger partial charge in [-0.3, -0.25) is 19.8 Å². The van der Waals surface area contributed by atoms with Crippen LogP contribution in [0.1, 0.15) is 59.9 Å². The Morgan fingerprint density at radius 3 is 1.41 bits per heavy atom. The highest BCUT2D eigenvalue weighted by Crippen LogP contribution is 2.46. The smallest absolute Gasteiger partial charge is 0.338 e. The number of carbonyl (C=O) groups is 2. The van der Waals surface area contributed by atoms with Crippen molar-refractivity contribution in [1.82, 2.24) is 29.6 Å². The Morgan fingerprint density at radius 1 is 0.671 bits per heavy atom. The zero-order valence-corrected chi connectivity index (χ0v) is 45.0. The average Bonchev–Trinajstić information content (AvgIpc) is 4.18. The highest BCUT2D eigenvalue weighted by molar-refractivity contribution is 9.10. The number of hydrogen-bond donors (Lipinski definition) is 0. The highest BCUT2D eigenvalue weighted by atomic mass is 79.9. The van der Waals surface area contributed by atoms with Crippen molar-refractivity contribution in [3.8, 4) is 0 Å². The molecule has 0 saturated carbocycles. The van der Waals surface area contributed by atoms with Crippen molar-refractivity contribution in [3.05, 3.63) is 124 Å². The van der Waals surface area contributed by atoms with Crippen LogP contribution in [0.2, 0.25) is 0 Å². The van der Waals surface area contributed by atoms with E-state index in [2.05, 4.69) is 61.4 Å². The van der Waals surface area contributed by atoms with Crippen LogP contribution in [0.4, 0.5) is 8.78 Å². The monoisotopic (exact) mass is 1170 g/mol. The third-order valence-electron chi connectivity index (χ3n) is 12.7. The molecule has 4 fully saturated rings. The van der Waals surface area contributed by atoms with E-state index in [0.29, 0.717) is 31.9 Å². The highest BCUT2D eigenvalue weighted by Gasteiger charge is 2.45. The molecule has 4 aromatic rings. The Labute approximate surface area is 443 Å². The van der Waals surface area contributed by atoms with Gasteiger partial charge in [0.15, 0.2) is 21.7 Å². The van der Waals surface area contributed by atoms with Gasteiger partial charge in [0.1, 0.15) is 23.7 Å². The van der Waals surface area contributed by atoms with E-state index in [9.17, 15) is 18.4 Å². The third kappa shape index (κ3) is 12.0. The van der Waals surface area contributed by atoms with Gasteiger partial charge in [0.2, 0.25) is 0 Å². The Bertz CT molecular complexity index is 2420. The molecule has 14 nitrogen and oxygen atoms in total. The Morgan fingerprint density at radius 2 is 1.07 bits per heavy atom. The Kier molecular flexibility index (Phi) is 19.2. The summed E-state index contributed by atoms with van der Waals surface area (Å²) in [5, 5.41) is 5.45. The van der Waals surface area contributed by atoms with E-state index in [1.54, 1.807) is 38.4 Å². The summed E-state index contributed by atoms with van der Waals surface area (Å²) < 4.78 is 50.9. The molecule has 0 unspecified atom stereocenters. The van der Waals surface area contributed by atoms with E-state index in [-0.39, 0.29) is 61.6 Å². The number of halogens is 6. The van der Waals surface area contributed by atoms with Gasteiger partial charge in [0.05, 0.1) is 50.8 Å². The Hall–Kier alpha value is -3.70. The SMILES string of the molecule is CCOC(=O)C1=C2C[C@@H](CN3CCOCC3)CN2C(c2nccs2)=N[C@H]1c1ccc(F)cc1Br.CCOC(=O)C1=C2C[C@H](CN3CCOCC3)CN2C(c2nccs2)=N[C@H]1c1ccc(F)cc1Br.Cl.Cl. The van der Waals surface area contributed by atoms with Crippen LogP contribution in [0.25, 0.3) is 0 Å². The van der Waals surface area contributed by atoms with Crippen LogP contribution in [0.3, 0.4) is 0 Å². The largest absolute Gasteiger partial charge is 0.463 e. The van der Waals surface area contributed by atoms with Crippen molar-refractivity contribution < 1.29 is 37.3 Å². The van der Waals surface area contributed by atoms with E-state index < -0.39 is 12.1 Å². The summed E-state index contributed by atoms with van der Waals surface area (Å²) in [4.78, 5) is 54.8. The number of carbonyl (C=O) groups excluding carboxylic acids is 2. The lowest BCUT2D eigenvalue weighted by atomic mass is 9.93. The second kappa shape index (κ2) is 24.8. The van der Waals surface area contributed by atoms with E-state index in [1.807, 2.05) is 10.8 Å². The number of rotatable bonds is 12. The van der Waals surface area contributed by atoms with Crippen LogP contribution >= 0.6 is 79.3 Å². The van der Waals surface area contributed by atoms with Crippen molar-refractivity contribution in [2.45, 2.75) is 38.8 Å². The van der Waals surface area contributed by atoms with Crippen LogP contribution in [0.5, 0.6) is 0 Å². The maximum atomic E-state index is 13.9. The maximum Gasteiger partial charge on any atom is 0.338 e. The van der Waals surface area contributed by atoms with Crippen LogP contribution in [0, 0.1) is 23.5 Å². The molecule has 4 atom stereocenters. The number of aromatic nitrogens is 2. The van der Waals surface area contributed by atoms with Crippen LogP contribution in [-0.2, 0) is 28.5 Å². The number of fused-ring (bicyclic) bond motifs is 2. The molecule has 22 heteroatoms. The molecule has 10 rings (SSSR count). The summed E-state index contributed by atoms with van der Waals surface area (Å²) in [6, 6.07) is 7.75. The average molecular weight is 1170 g/mol. The first-order chi connectivity index (χ1) is 33.1. The molecule has 6 aliphatic heterocycles. The summed E-state index contributed by atoms with van der Waals surface area (Å²) >= 11 is 10.0. The number of benzene rings is 2. The van der Waals surface area contributed by atoms with Gasteiger partial charge in [0.25, 0.3) is 0 Å². The van der Waals surface area contributed by atoms with Gasteiger partial charge in [-0.1, -0.05) is 44.0 Å². The fourth-order valence-electron chi connectivity index (χ4n) is 9.73. The molecule has 70 heavy (non-hydrogen) atoms. The van der Waals surface area contributed by atoms with Crippen LogP contribution < -0.4 is 0 Å². The van der Waals surface area contributed by atoms with Crippen molar-refractivity contribution in [2.24, 2.45) is 21.8 Å². The Balaban J connectivity index is 0.000000201. The molecular formula is C48H54Br2Cl2F2N8O6S2. The first-order valence-corrected chi connectivity index (χ1v) is 26.2. The molecule has 0 radical (unpaired) electrons. The summed E-state index contributed by atoms with van der Waals surface area (Å²) in [5.41, 5.74) is 4.36. The number of allylic oxidation sites excluding steroid dienone is 2. The van der Waals surface area contributed by atoms with E-state index >= 15 is 0 Å². The molecule has 2 aromatic heterocycles. The second-order valence-corrected chi connectivity index (χ2v) is 20.6. The fraction of sp³-hybridized carbons (Fsp3) is 0.458. The molecule has 2 aromatic carbocycles. The van der Waals surface area contributed by atoms with Gasteiger partial charge in [-0.25, -0.2) is 28.3 Å². The first-order valence-electron chi connectivity index (χ1n) is 22.9. The summed E-state index contributed by atoms with van der Waals surface area (Å²) in [7, 11) is 0. The molecule has 4 saturated heterocycles. The third-order valence-corrected chi connectivity index (χ3v) is 15.6. The quantitative estimate of drug-likeness (QED) is 0.126. The standard InChI is InChI=1S/2C24H26BrFN4O3S.2ClH/c2*1-2-33-24(31)20-19-11-15(13-29-6-8-32-9-7-29)14-30(19)22(23-27-5-10-34-23)28-21(20)17-4-3-16(26)12-18(17)25;;/h2*3-5,10,12,15,21H,2,6-9,11,13-14H2,1H3;2*1H/t15-,21+;15-,21-;;/m10../s1. The van der Waals surface area contributed by atoms with Gasteiger partial charge in [0, 0.05) is 95.9 Å². The number of hydrogen-bond acceptors (Lipinski definition) is 16. The first kappa shape index (κ1) is 54.1. The lowest BCUT2D eigenvalue weighted by Crippen LogP contribution is -2.40. The topological polar surface area (TPSA) is 135 Å². The van der Waals surface area contributed by atoms with E-state index in [4.69, 9.17) is 28.9 Å². The minimum Gasteiger partial charge on any atom is -0.463 e. The molecule has 0 bridgehead atoms. The molecule has 6 aliphatic rings. The zero-order chi connectivity index (χ0) is 47.3. The van der Waals surface area contributed by atoms with Crippen molar-refractivity contribution in [1.29, 1.82) is 0 Å². The molecule has 8 heterocycles. The summed E-state index contributed by atoms with van der Waals surface area (Å²) in [5.74, 6) is 0.710. The van der Waals surface area contributed by atoms with Gasteiger partial charge in [-0.15, -0.1) is 47.5 Å². The zero-order valence-electron chi connectivity index (χ0n) is 38.6. The lowest BCUT2D eigenvalue weighted by molar-refractivity contribution is -0.140. The molecule has 0 amide bonds. The summed E-state index contributed by atoms with van der Waals surface area (Å²) in [6.07, 6.45) is 5.00. The number of nitrogens with zero attached hydrogens (tertiary/aromatic N) is 8. The number of aliphatic imine (C=N–C) groups is 2. The predicted octanol–water partition coefficient (Wildman–Crippen LogP) is 8.88. The molecular weight excluding hydrogens is 1120 g/mol. The molecule has 0 N–H and O–H groups in total. The maximum absolute atomic E-state index is 13.9. The van der Waals surface area contributed by atoms with E-state index in [0.717, 1.165) is 136 Å². The second-order valence-electron chi connectivity index (χ2n) is 17.1. The molecule has 0 spiro atoms. The van der Waals surface area contributed by atoms with Gasteiger partial charge in [-0.2, -0.15) is 0 Å². The number of morpholine rings is 2. The predicted molar refractivity (Wildman–Crippen MR) is 277 cm³/mol. The number of esters is 2. The van der Waals surface area contributed by atoms with Gasteiger partial charge in [-0.05, 0) is 73.9 Å². The summed E-state index contributed by atoms with van der Waals surface area (Å²) in [6.45, 7) is 14.2. The van der Waals surface area contributed by atoms with E-state index in [1.165, 1.54) is 46.9 Å². The van der Waals surface area contributed by atoms with Crippen LogP contribution in [-0.4, -0.2) is 145 Å². The van der Waals surface area contributed by atoms with Crippen molar-refractivity contribution >= 4 is 103 Å². The van der Waals surface area contributed by atoms with Gasteiger partial charge < -0.3 is 28.7 Å². The molecule has 376 valence electrons. The van der Waals surface area contributed by atoms with Crippen molar-refractivity contribution in [2.75, 3.05) is 92.0 Å². The van der Waals surface area contributed by atoms with Gasteiger partial charge >= 0.3 is 11.9 Å². The van der Waals surface area contributed by atoms with Crippen molar-refractivity contribution in [3.63, 3.8) is 0 Å².